The van der Waals surface area contributed by atoms with E-state index in [1.165, 1.54) is 6.42 Å². The zero-order valence-corrected chi connectivity index (χ0v) is 7.24. The summed E-state index contributed by atoms with van der Waals surface area (Å²) in [5, 5.41) is 18.6. The Morgan fingerprint density at radius 1 is 1.08 bits per heavy atom. The molecule has 1 saturated carbocycles. The highest BCUT2D eigenvalue weighted by molar-refractivity contribution is 5.09. The first kappa shape index (κ1) is 8.27. The number of aliphatic hydroxyl groups is 2. The predicted octanol–water partition coefficient (Wildman–Crippen LogP) is 0.944. The quantitative estimate of drug-likeness (QED) is 0.602. The van der Waals surface area contributed by atoms with E-state index in [0.717, 1.165) is 12.8 Å². The molecule has 3 aliphatic carbocycles. The molecular weight excluding hydrogens is 152 g/mol. The van der Waals surface area contributed by atoms with Gasteiger partial charge in [0, 0.05) is 5.41 Å². The van der Waals surface area contributed by atoms with Crippen LogP contribution in [0.2, 0.25) is 0 Å². The summed E-state index contributed by atoms with van der Waals surface area (Å²) in [5.74, 6) is 1.05. The van der Waals surface area contributed by atoms with Gasteiger partial charge in [0.05, 0.1) is 13.2 Å². The van der Waals surface area contributed by atoms with Crippen LogP contribution in [0.1, 0.15) is 19.3 Å². The number of rotatable bonds is 2. The maximum Gasteiger partial charge on any atom is 0.0514 e. The zero-order valence-electron chi connectivity index (χ0n) is 7.24. The lowest BCUT2D eigenvalue weighted by Crippen LogP contribution is -2.53. The van der Waals surface area contributed by atoms with Gasteiger partial charge >= 0.3 is 0 Å². The van der Waals surface area contributed by atoms with Crippen LogP contribution in [0, 0.1) is 17.3 Å². The average molecular weight is 168 g/mol. The molecule has 0 radical (unpaired) electrons. The van der Waals surface area contributed by atoms with Crippen molar-refractivity contribution in [1.29, 1.82) is 0 Å². The fourth-order valence-electron chi connectivity index (χ4n) is 2.73. The van der Waals surface area contributed by atoms with Crippen molar-refractivity contribution in [1.82, 2.24) is 0 Å². The average Bonchev–Trinajstić information content (AvgIpc) is 2.39. The Morgan fingerprint density at radius 3 is 2.00 bits per heavy atom. The van der Waals surface area contributed by atoms with E-state index in [-0.39, 0.29) is 18.6 Å². The van der Waals surface area contributed by atoms with Crippen molar-refractivity contribution >= 4 is 0 Å². The standard InChI is InChI=1S/C10H16O2/c11-6-10(7-12)8-3-1-2-4-9(10)5-8/h1-2,8-9,11-12H,3-7H2. The maximum atomic E-state index is 9.28. The van der Waals surface area contributed by atoms with Crippen LogP contribution in [-0.2, 0) is 0 Å². The van der Waals surface area contributed by atoms with Crippen molar-refractivity contribution in [2.45, 2.75) is 19.3 Å². The van der Waals surface area contributed by atoms with Gasteiger partial charge in [-0.05, 0) is 31.1 Å². The van der Waals surface area contributed by atoms with Crippen molar-refractivity contribution in [3.63, 3.8) is 0 Å². The van der Waals surface area contributed by atoms with E-state index < -0.39 is 0 Å². The van der Waals surface area contributed by atoms with Crippen LogP contribution in [0.5, 0.6) is 0 Å². The highest BCUT2D eigenvalue weighted by Crippen LogP contribution is 2.55. The van der Waals surface area contributed by atoms with Crippen LogP contribution in [0.3, 0.4) is 0 Å². The van der Waals surface area contributed by atoms with Crippen LogP contribution >= 0.6 is 0 Å². The van der Waals surface area contributed by atoms with Crippen molar-refractivity contribution in [2.24, 2.45) is 17.3 Å². The van der Waals surface area contributed by atoms with Gasteiger partial charge in [-0.2, -0.15) is 0 Å². The summed E-state index contributed by atoms with van der Waals surface area (Å²) in [7, 11) is 0. The van der Waals surface area contributed by atoms with E-state index in [1.54, 1.807) is 0 Å². The number of fused-ring (bicyclic) bond motifs is 2. The molecule has 0 aromatic rings. The lowest BCUT2D eigenvalue weighted by atomic mass is 9.52. The van der Waals surface area contributed by atoms with E-state index in [4.69, 9.17) is 0 Å². The molecule has 0 amide bonds. The Balaban J connectivity index is 2.17. The summed E-state index contributed by atoms with van der Waals surface area (Å²) in [6, 6.07) is 0. The normalized spacial score (nSPS) is 37.2. The maximum absolute atomic E-state index is 9.28. The molecule has 0 spiro atoms. The number of aliphatic hydroxyl groups excluding tert-OH is 2. The molecule has 1 fully saturated rings. The van der Waals surface area contributed by atoms with Crippen LogP contribution in [-0.4, -0.2) is 23.4 Å². The van der Waals surface area contributed by atoms with Crippen molar-refractivity contribution in [3.8, 4) is 0 Å². The van der Waals surface area contributed by atoms with Gasteiger partial charge in [0.2, 0.25) is 0 Å². The monoisotopic (exact) mass is 168 g/mol. The van der Waals surface area contributed by atoms with Gasteiger partial charge in [0.25, 0.3) is 0 Å². The topological polar surface area (TPSA) is 40.5 Å². The third-order valence-corrected chi connectivity index (χ3v) is 3.79. The summed E-state index contributed by atoms with van der Waals surface area (Å²) in [6.45, 7) is 0.307. The Morgan fingerprint density at radius 2 is 1.58 bits per heavy atom. The van der Waals surface area contributed by atoms with E-state index in [0.29, 0.717) is 11.8 Å². The predicted molar refractivity (Wildman–Crippen MR) is 46.6 cm³/mol. The summed E-state index contributed by atoms with van der Waals surface area (Å²) >= 11 is 0. The number of hydrogen-bond donors (Lipinski definition) is 2. The molecule has 0 saturated heterocycles. The van der Waals surface area contributed by atoms with Gasteiger partial charge in [-0.25, -0.2) is 0 Å². The third kappa shape index (κ3) is 0.882. The molecule has 0 heterocycles. The summed E-state index contributed by atoms with van der Waals surface area (Å²) in [4.78, 5) is 0. The number of allylic oxidation sites excluding steroid dienone is 2. The van der Waals surface area contributed by atoms with E-state index >= 15 is 0 Å². The Labute approximate surface area is 72.9 Å². The molecule has 68 valence electrons. The van der Waals surface area contributed by atoms with Crippen molar-refractivity contribution < 1.29 is 10.2 Å². The van der Waals surface area contributed by atoms with Crippen LogP contribution < -0.4 is 0 Å². The van der Waals surface area contributed by atoms with Gasteiger partial charge in [0.1, 0.15) is 0 Å². The lowest BCUT2D eigenvalue weighted by molar-refractivity contribution is -0.120. The minimum absolute atomic E-state index is 0.149. The van der Waals surface area contributed by atoms with Gasteiger partial charge in [0.15, 0.2) is 0 Å². The second kappa shape index (κ2) is 2.86. The molecule has 2 atom stereocenters. The Kier molecular flexibility index (Phi) is 1.97. The van der Waals surface area contributed by atoms with E-state index in [2.05, 4.69) is 12.2 Å². The fourth-order valence-corrected chi connectivity index (χ4v) is 2.73. The fraction of sp³-hybridized carbons (Fsp3) is 0.800. The molecule has 2 unspecified atom stereocenters. The molecule has 2 bridgehead atoms. The molecule has 0 aromatic heterocycles. The van der Waals surface area contributed by atoms with Crippen molar-refractivity contribution in [3.05, 3.63) is 12.2 Å². The molecule has 0 aliphatic heterocycles. The van der Waals surface area contributed by atoms with E-state index in [1.807, 2.05) is 0 Å². The van der Waals surface area contributed by atoms with Crippen LogP contribution in [0.15, 0.2) is 12.2 Å². The summed E-state index contributed by atoms with van der Waals surface area (Å²) < 4.78 is 0. The Hall–Kier alpha value is -0.340. The zero-order chi connectivity index (χ0) is 8.60. The number of hydrogen-bond acceptors (Lipinski definition) is 2. The SMILES string of the molecule is OCC1(CO)C2CC=CCC1C2. The van der Waals surface area contributed by atoms with Crippen LogP contribution in [0.25, 0.3) is 0 Å². The van der Waals surface area contributed by atoms with Gasteiger partial charge in [-0.3, -0.25) is 0 Å². The minimum Gasteiger partial charge on any atom is -0.396 e. The van der Waals surface area contributed by atoms with Gasteiger partial charge in [-0.1, -0.05) is 12.2 Å². The molecule has 12 heavy (non-hydrogen) atoms. The first-order valence-electron chi connectivity index (χ1n) is 4.70. The molecule has 2 nitrogen and oxygen atoms in total. The van der Waals surface area contributed by atoms with E-state index in [9.17, 15) is 10.2 Å². The van der Waals surface area contributed by atoms with Gasteiger partial charge in [-0.15, -0.1) is 0 Å². The summed E-state index contributed by atoms with van der Waals surface area (Å²) in [5.41, 5.74) is -0.149. The first-order chi connectivity index (χ1) is 5.83. The minimum atomic E-state index is -0.149. The van der Waals surface area contributed by atoms with Crippen LogP contribution in [0.4, 0.5) is 0 Å². The molecule has 3 aliphatic rings. The molecular formula is C10H16O2. The molecule has 2 N–H and O–H groups in total. The highest BCUT2D eigenvalue weighted by Gasteiger charge is 2.53. The summed E-state index contributed by atoms with van der Waals surface area (Å²) in [6.07, 6.45) is 7.65. The molecule has 2 heteroatoms. The smallest absolute Gasteiger partial charge is 0.0514 e. The largest absolute Gasteiger partial charge is 0.396 e. The van der Waals surface area contributed by atoms with Crippen molar-refractivity contribution in [2.75, 3.05) is 13.2 Å². The Bertz CT molecular complexity index is 178. The second-order valence-electron chi connectivity index (χ2n) is 4.12. The second-order valence-corrected chi connectivity index (χ2v) is 4.12. The molecule has 3 rings (SSSR count). The highest BCUT2D eigenvalue weighted by atomic mass is 16.3. The lowest BCUT2D eigenvalue weighted by Gasteiger charge is -2.53. The van der Waals surface area contributed by atoms with Gasteiger partial charge < -0.3 is 10.2 Å². The third-order valence-electron chi connectivity index (χ3n) is 3.79. The molecule has 0 aromatic carbocycles. The first-order valence-corrected chi connectivity index (χ1v) is 4.70.